The Morgan fingerprint density at radius 1 is 0.958 bits per heavy atom. The van der Waals surface area contributed by atoms with E-state index in [1.165, 1.54) is 16.1 Å². The summed E-state index contributed by atoms with van der Waals surface area (Å²) < 4.78 is 0. The van der Waals surface area contributed by atoms with Crippen molar-refractivity contribution in [1.82, 2.24) is 20.0 Å². The minimum atomic E-state index is 0.346. The van der Waals surface area contributed by atoms with Crippen LogP contribution in [0.4, 0.5) is 5.82 Å². The Morgan fingerprint density at radius 2 is 1.71 bits per heavy atom. The summed E-state index contributed by atoms with van der Waals surface area (Å²) in [6.07, 6.45) is 0. The molecule has 118 valence electrons. The summed E-state index contributed by atoms with van der Waals surface area (Å²) >= 11 is 7.40. The number of benzene rings is 2. The van der Waals surface area contributed by atoms with E-state index >= 15 is 0 Å². The van der Waals surface area contributed by atoms with Crippen molar-refractivity contribution in [1.29, 1.82) is 0 Å². The third-order valence-corrected chi connectivity index (χ3v) is 4.57. The van der Waals surface area contributed by atoms with Gasteiger partial charge in [0.25, 0.3) is 0 Å². The highest BCUT2D eigenvalue weighted by Crippen LogP contribution is 2.30. The van der Waals surface area contributed by atoms with E-state index in [1.54, 1.807) is 12.1 Å². The molecule has 2 heterocycles. The van der Waals surface area contributed by atoms with Gasteiger partial charge in [-0.1, -0.05) is 41.9 Å². The summed E-state index contributed by atoms with van der Waals surface area (Å²) in [5.41, 5.74) is 9.36. The van der Waals surface area contributed by atoms with Crippen molar-refractivity contribution in [3.05, 3.63) is 65.0 Å². The normalized spacial score (nSPS) is 10.9. The Hall–Kier alpha value is -2.70. The highest BCUT2D eigenvalue weighted by molar-refractivity contribution is 7.13. The first-order valence-corrected chi connectivity index (χ1v) is 8.46. The molecule has 0 amide bonds. The second kappa shape index (κ2) is 6.07. The van der Waals surface area contributed by atoms with Crippen LogP contribution in [0.2, 0.25) is 5.02 Å². The highest BCUT2D eigenvalue weighted by Gasteiger charge is 2.15. The minimum Gasteiger partial charge on any atom is -0.380 e. The fourth-order valence-corrected chi connectivity index (χ4v) is 3.23. The van der Waals surface area contributed by atoms with Crippen molar-refractivity contribution in [2.45, 2.75) is 0 Å². The number of rotatable bonds is 3. The number of nitrogens with zero attached hydrogens (tertiary/aromatic N) is 4. The number of nitrogens with two attached hydrogens (primary N) is 1. The molecule has 2 aromatic heterocycles. The molecule has 0 aliphatic rings. The van der Waals surface area contributed by atoms with Crippen LogP contribution in [0.5, 0.6) is 0 Å². The zero-order valence-corrected chi connectivity index (χ0v) is 14.0. The lowest BCUT2D eigenvalue weighted by atomic mass is 10.2. The van der Waals surface area contributed by atoms with Gasteiger partial charge >= 0.3 is 0 Å². The molecule has 0 atom stereocenters. The Labute approximate surface area is 147 Å². The van der Waals surface area contributed by atoms with Gasteiger partial charge in [-0.25, -0.2) is 4.98 Å². The third-order valence-electron chi connectivity index (χ3n) is 3.47. The lowest BCUT2D eigenvalue weighted by Crippen LogP contribution is -1.98. The number of hydrogen-bond donors (Lipinski definition) is 1. The third kappa shape index (κ3) is 2.77. The molecule has 0 saturated carbocycles. The van der Waals surface area contributed by atoms with E-state index < -0.39 is 0 Å². The molecule has 0 aliphatic carbocycles. The number of thiazole rings is 1. The first kappa shape index (κ1) is 14.9. The summed E-state index contributed by atoms with van der Waals surface area (Å²) in [7, 11) is 0. The van der Waals surface area contributed by atoms with Gasteiger partial charge in [0, 0.05) is 16.0 Å². The molecule has 0 saturated heterocycles. The van der Waals surface area contributed by atoms with Crippen LogP contribution in [0, 0.1) is 0 Å². The van der Waals surface area contributed by atoms with E-state index in [4.69, 9.17) is 17.3 Å². The van der Waals surface area contributed by atoms with Crippen LogP contribution >= 0.6 is 22.9 Å². The average Bonchev–Trinajstić information content (AvgIpc) is 3.23. The Kier molecular flexibility index (Phi) is 3.76. The maximum absolute atomic E-state index is 6.03. The maximum atomic E-state index is 6.03. The standard InChI is InChI=1S/C17H12ClN5S/c18-12-6-8-13(9-7-12)23-21-15(16(19)22-23)17-20-14(10-24-17)11-4-2-1-3-5-11/h1-10H,(H2,19,22). The molecule has 4 rings (SSSR count). The molecule has 4 aromatic rings. The summed E-state index contributed by atoms with van der Waals surface area (Å²) in [4.78, 5) is 6.12. The number of nitrogen functional groups attached to an aromatic ring is 1. The van der Waals surface area contributed by atoms with Crippen molar-refractivity contribution in [3.63, 3.8) is 0 Å². The monoisotopic (exact) mass is 353 g/mol. The molecule has 5 nitrogen and oxygen atoms in total. The number of halogens is 1. The molecule has 0 unspecified atom stereocenters. The average molecular weight is 354 g/mol. The van der Waals surface area contributed by atoms with Crippen molar-refractivity contribution in [3.8, 4) is 27.6 Å². The zero-order valence-electron chi connectivity index (χ0n) is 12.4. The summed E-state index contributed by atoms with van der Waals surface area (Å²) in [5.74, 6) is 0.346. The molecule has 0 spiro atoms. The van der Waals surface area contributed by atoms with E-state index in [9.17, 15) is 0 Å². The highest BCUT2D eigenvalue weighted by atomic mass is 35.5. The zero-order chi connectivity index (χ0) is 16.5. The van der Waals surface area contributed by atoms with Gasteiger partial charge in [-0.15, -0.1) is 26.3 Å². The van der Waals surface area contributed by atoms with Crippen molar-refractivity contribution in [2.75, 3.05) is 5.73 Å². The lowest BCUT2D eigenvalue weighted by molar-refractivity contribution is 0.756. The maximum Gasteiger partial charge on any atom is 0.177 e. The van der Waals surface area contributed by atoms with Gasteiger partial charge in [-0.05, 0) is 24.3 Å². The topological polar surface area (TPSA) is 69.6 Å². The molecular formula is C17H12ClN5S. The smallest absolute Gasteiger partial charge is 0.177 e. The fraction of sp³-hybridized carbons (Fsp3) is 0. The molecule has 7 heteroatoms. The Morgan fingerprint density at radius 3 is 2.46 bits per heavy atom. The van der Waals surface area contributed by atoms with Crippen molar-refractivity contribution < 1.29 is 0 Å². The van der Waals surface area contributed by atoms with E-state index in [1.807, 2.05) is 47.8 Å². The quantitative estimate of drug-likeness (QED) is 0.596. The van der Waals surface area contributed by atoms with Gasteiger partial charge in [0.2, 0.25) is 0 Å². The van der Waals surface area contributed by atoms with Gasteiger partial charge in [0.05, 0.1) is 11.4 Å². The van der Waals surface area contributed by atoms with Crippen LogP contribution in [-0.4, -0.2) is 20.0 Å². The van der Waals surface area contributed by atoms with Crippen LogP contribution in [0.15, 0.2) is 60.0 Å². The first-order valence-electron chi connectivity index (χ1n) is 7.21. The SMILES string of the molecule is Nc1nn(-c2ccc(Cl)cc2)nc1-c1nc(-c2ccccc2)cs1. The second-order valence-electron chi connectivity index (χ2n) is 5.10. The summed E-state index contributed by atoms with van der Waals surface area (Å²) in [6.45, 7) is 0. The lowest BCUT2D eigenvalue weighted by Gasteiger charge is -1.98. The van der Waals surface area contributed by atoms with E-state index in [0.717, 1.165) is 22.0 Å². The van der Waals surface area contributed by atoms with Gasteiger partial charge in [0.1, 0.15) is 5.01 Å². The molecule has 0 radical (unpaired) electrons. The van der Waals surface area contributed by atoms with Crippen molar-refractivity contribution >= 4 is 28.8 Å². The molecule has 0 bridgehead atoms. The number of anilines is 1. The predicted molar refractivity (Wildman–Crippen MR) is 97.3 cm³/mol. The van der Waals surface area contributed by atoms with E-state index in [2.05, 4.69) is 15.2 Å². The fourth-order valence-electron chi connectivity index (χ4n) is 2.28. The minimum absolute atomic E-state index is 0.346. The van der Waals surface area contributed by atoms with Gasteiger partial charge in [-0.3, -0.25) is 0 Å². The molecule has 24 heavy (non-hydrogen) atoms. The van der Waals surface area contributed by atoms with Crippen LogP contribution in [0.25, 0.3) is 27.6 Å². The molecule has 0 fully saturated rings. The molecule has 0 aliphatic heterocycles. The van der Waals surface area contributed by atoms with Crippen molar-refractivity contribution in [2.24, 2.45) is 0 Å². The van der Waals surface area contributed by atoms with E-state index in [-0.39, 0.29) is 0 Å². The van der Waals surface area contributed by atoms with Gasteiger partial charge in [0.15, 0.2) is 11.5 Å². The summed E-state index contributed by atoms with van der Waals surface area (Å²) in [5, 5.41) is 12.1. The largest absolute Gasteiger partial charge is 0.380 e. The molecule has 2 aromatic carbocycles. The second-order valence-corrected chi connectivity index (χ2v) is 6.40. The van der Waals surface area contributed by atoms with Crippen LogP contribution in [0.3, 0.4) is 0 Å². The van der Waals surface area contributed by atoms with Crippen LogP contribution in [-0.2, 0) is 0 Å². The van der Waals surface area contributed by atoms with E-state index in [0.29, 0.717) is 16.5 Å². The molecular weight excluding hydrogens is 342 g/mol. The van der Waals surface area contributed by atoms with Gasteiger partial charge in [-0.2, -0.15) is 0 Å². The van der Waals surface area contributed by atoms with Crippen LogP contribution < -0.4 is 5.73 Å². The Balaban J connectivity index is 1.70. The number of aromatic nitrogens is 4. The van der Waals surface area contributed by atoms with Gasteiger partial charge < -0.3 is 5.73 Å². The first-order chi connectivity index (χ1) is 11.7. The number of hydrogen-bond acceptors (Lipinski definition) is 5. The Bertz CT molecular complexity index is 976. The molecule has 2 N–H and O–H groups in total. The predicted octanol–water partition coefficient (Wildman–Crippen LogP) is 4.29. The van der Waals surface area contributed by atoms with Crippen LogP contribution in [0.1, 0.15) is 0 Å². The summed E-state index contributed by atoms with van der Waals surface area (Å²) in [6, 6.07) is 17.2.